The van der Waals surface area contributed by atoms with Crippen molar-refractivity contribution in [3.05, 3.63) is 22.8 Å². The van der Waals surface area contributed by atoms with Crippen LogP contribution in [0.25, 0.3) is 10.1 Å². The van der Waals surface area contributed by atoms with E-state index in [1.165, 1.54) is 26.4 Å². The number of ketones is 1. The van der Waals surface area contributed by atoms with E-state index < -0.39 is 23.5 Å². The summed E-state index contributed by atoms with van der Waals surface area (Å²) < 4.78 is 24.0. The number of esters is 1. The predicted octanol–water partition coefficient (Wildman–Crippen LogP) is 3.14. The number of hydrogen-bond acceptors (Lipinski definition) is 6. The Labute approximate surface area is 130 Å². The van der Waals surface area contributed by atoms with Crippen LogP contribution in [-0.4, -0.2) is 31.1 Å². The highest BCUT2D eigenvalue weighted by Crippen LogP contribution is 2.39. The molecule has 0 unspecified atom stereocenters. The summed E-state index contributed by atoms with van der Waals surface area (Å²) in [7, 11) is 2.57. The molecule has 7 heteroatoms. The SMILES string of the molecule is COC(=O)[C@@H](C)CC(=O)c1cc2c(F)c(O)c(OC)cc2s1. The summed E-state index contributed by atoms with van der Waals surface area (Å²) in [6.07, 6.45) is -0.0236. The van der Waals surface area contributed by atoms with Crippen molar-refractivity contribution in [2.45, 2.75) is 13.3 Å². The molecule has 0 aliphatic heterocycles. The lowest BCUT2D eigenvalue weighted by Gasteiger charge is -2.06. The maximum atomic E-state index is 14.1. The number of carbonyl (C=O) groups is 2. The van der Waals surface area contributed by atoms with E-state index in [1.807, 2.05) is 0 Å². The fourth-order valence-corrected chi connectivity index (χ4v) is 3.10. The number of ether oxygens (including phenoxy) is 2. The average Bonchev–Trinajstić information content (AvgIpc) is 2.94. The van der Waals surface area contributed by atoms with Gasteiger partial charge in [-0.25, -0.2) is 4.39 Å². The van der Waals surface area contributed by atoms with Crippen molar-refractivity contribution in [2.75, 3.05) is 14.2 Å². The maximum Gasteiger partial charge on any atom is 0.308 e. The molecular weight excluding hydrogens is 311 g/mol. The first-order valence-corrected chi connectivity index (χ1v) is 7.30. The van der Waals surface area contributed by atoms with Crippen LogP contribution in [-0.2, 0) is 9.53 Å². The summed E-state index contributed by atoms with van der Waals surface area (Å²) in [6.45, 7) is 1.59. The Morgan fingerprint density at radius 1 is 1.36 bits per heavy atom. The molecule has 2 rings (SSSR count). The van der Waals surface area contributed by atoms with Gasteiger partial charge in [-0.1, -0.05) is 6.92 Å². The minimum absolute atomic E-state index is 0.00813. The highest BCUT2D eigenvalue weighted by Gasteiger charge is 2.22. The van der Waals surface area contributed by atoms with Crippen LogP contribution in [0.2, 0.25) is 0 Å². The van der Waals surface area contributed by atoms with Crippen LogP contribution in [0.5, 0.6) is 11.5 Å². The van der Waals surface area contributed by atoms with E-state index in [-0.39, 0.29) is 23.3 Å². The van der Waals surface area contributed by atoms with E-state index in [9.17, 15) is 19.1 Å². The van der Waals surface area contributed by atoms with Gasteiger partial charge in [0, 0.05) is 22.6 Å². The Hall–Kier alpha value is -2.15. The van der Waals surface area contributed by atoms with Crippen molar-refractivity contribution in [1.82, 2.24) is 0 Å². The molecule has 1 N–H and O–H groups in total. The largest absolute Gasteiger partial charge is 0.502 e. The van der Waals surface area contributed by atoms with Gasteiger partial charge in [0.15, 0.2) is 23.1 Å². The lowest BCUT2D eigenvalue weighted by molar-refractivity contribution is -0.144. The standard InChI is InChI=1S/C15H15FO5S/c1-7(15(19)21-3)4-9(17)12-5-8-11(22-12)6-10(20-2)14(18)13(8)16/h5-7,18H,4H2,1-3H3/t7-/m0/s1. The first-order valence-electron chi connectivity index (χ1n) is 6.49. The Morgan fingerprint density at radius 3 is 2.64 bits per heavy atom. The van der Waals surface area contributed by atoms with Crippen molar-refractivity contribution >= 4 is 33.2 Å². The monoisotopic (exact) mass is 326 g/mol. The van der Waals surface area contributed by atoms with Crippen LogP contribution in [0.15, 0.2) is 12.1 Å². The minimum atomic E-state index is -0.828. The molecule has 1 aromatic heterocycles. The van der Waals surface area contributed by atoms with Crippen molar-refractivity contribution in [3.8, 4) is 11.5 Å². The van der Waals surface area contributed by atoms with Crippen LogP contribution in [0, 0.1) is 11.7 Å². The molecule has 0 bridgehead atoms. The van der Waals surface area contributed by atoms with Gasteiger partial charge in [-0.2, -0.15) is 0 Å². The fraction of sp³-hybridized carbons (Fsp3) is 0.333. The number of fused-ring (bicyclic) bond motifs is 1. The molecule has 0 aliphatic carbocycles. The van der Waals surface area contributed by atoms with E-state index in [0.717, 1.165) is 11.3 Å². The second-order valence-corrected chi connectivity index (χ2v) is 5.90. The fourth-order valence-electron chi connectivity index (χ4n) is 2.06. The van der Waals surface area contributed by atoms with Crippen molar-refractivity contribution < 1.29 is 28.6 Å². The number of Topliss-reactive ketones (excluding diaryl/α,β-unsaturated/α-hetero) is 1. The number of phenols is 1. The zero-order valence-corrected chi connectivity index (χ0v) is 13.1. The maximum absolute atomic E-state index is 14.1. The van der Waals surface area contributed by atoms with E-state index >= 15 is 0 Å². The van der Waals surface area contributed by atoms with E-state index in [1.54, 1.807) is 6.92 Å². The smallest absolute Gasteiger partial charge is 0.308 e. The lowest BCUT2D eigenvalue weighted by Crippen LogP contribution is -2.16. The zero-order chi connectivity index (χ0) is 16.4. The number of thiophene rings is 1. The Morgan fingerprint density at radius 2 is 2.05 bits per heavy atom. The first kappa shape index (κ1) is 16.2. The summed E-state index contributed by atoms with van der Waals surface area (Å²) in [5.41, 5.74) is 0. The number of phenolic OH excluding ortho intramolecular Hbond substituents is 1. The summed E-state index contributed by atoms with van der Waals surface area (Å²) >= 11 is 1.09. The van der Waals surface area contributed by atoms with Crippen molar-refractivity contribution in [1.29, 1.82) is 0 Å². The van der Waals surface area contributed by atoms with Gasteiger partial charge in [0.25, 0.3) is 0 Å². The van der Waals surface area contributed by atoms with Gasteiger partial charge in [0.2, 0.25) is 0 Å². The number of rotatable bonds is 5. The topological polar surface area (TPSA) is 72.8 Å². The molecular formula is C15H15FO5S. The number of hydrogen-bond donors (Lipinski definition) is 1. The molecule has 0 saturated carbocycles. The van der Waals surface area contributed by atoms with E-state index in [4.69, 9.17) is 4.74 Å². The van der Waals surface area contributed by atoms with Crippen molar-refractivity contribution in [2.24, 2.45) is 5.92 Å². The molecule has 1 heterocycles. The van der Waals surface area contributed by atoms with Crippen molar-refractivity contribution in [3.63, 3.8) is 0 Å². The predicted molar refractivity (Wildman–Crippen MR) is 80.1 cm³/mol. The molecule has 1 aromatic carbocycles. The van der Waals surface area contributed by atoms with Crippen LogP contribution in [0.4, 0.5) is 4.39 Å². The number of halogens is 1. The number of carbonyl (C=O) groups excluding carboxylic acids is 2. The summed E-state index contributed by atoms with van der Waals surface area (Å²) in [5.74, 6) is -2.73. The molecule has 0 spiro atoms. The van der Waals surface area contributed by atoms with Crippen LogP contribution < -0.4 is 4.74 Å². The molecule has 0 radical (unpaired) electrons. The average molecular weight is 326 g/mol. The van der Waals surface area contributed by atoms with Gasteiger partial charge in [-0.05, 0) is 6.07 Å². The third kappa shape index (κ3) is 2.89. The summed E-state index contributed by atoms with van der Waals surface area (Å²) in [4.78, 5) is 23.9. The Kier molecular flexibility index (Phi) is 4.65. The van der Waals surface area contributed by atoms with Gasteiger partial charge in [-0.3, -0.25) is 9.59 Å². The quantitative estimate of drug-likeness (QED) is 0.675. The molecule has 0 saturated heterocycles. The number of methoxy groups -OCH3 is 2. The number of benzene rings is 1. The summed E-state index contributed by atoms with van der Waals surface area (Å²) in [6, 6.07) is 2.85. The Bertz CT molecular complexity index is 737. The zero-order valence-electron chi connectivity index (χ0n) is 12.3. The Balaban J connectivity index is 2.35. The van der Waals surface area contributed by atoms with Crippen LogP contribution in [0.3, 0.4) is 0 Å². The molecule has 0 amide bonds. The molecule has 118 valence electrons. The molecule has 0 fully saturated rings. The molecule has 22 heavy (non-hydrogen) atoms. The first-order chi connectivity index (χ1) is 10.4. The van der Waals surface area contributed by atoms with Gasteiger partial charge < -0.3 is 14.6 Å². The third-order valence-electron chi connectivity index (χ3n) is 3.29. The van der Waals surface area contributed by atoms with Gasteiger partial charge in [0.05, 0.1) is 25.0 Å². The van der Waals surface area contributed by atoms with E-state index in [2.05, 4.69) is 4.74 Å². The minimum Gasteiger partial charge on any atom is -0.502 e. The molecule has 1 atom stereocenters. The molecule has 2 aromatic rings. The van der Waals surface area contributed by atoms with Gasteiger partial charge in [-0.15, -0.1) is 11.3 Å². The van der Waals surface area contributed by atoms with E-state index in [0.29, 0.717) is 9.58 Å². The number of aromatic hydroxyl groups is 1. The van der Waals surface area contributed by atoms with Gasteiger partial charge >= 0.3 is 5.97 Å². The molecule has 0 aliphatic rings. The highest BCUT2D eigenvalue weighted by molar-refractivity contribution is 7.20. The summed E-state index contributed by atoms with van der Waals surface area (Å²) in [5, 5.41) is 9.80. The van der Waals surface area contributed by atoms with Gasteiger partial charge in [0.1, 0.15) is 0 Å². The lowest BCUT2D eigenvalue weighted by atomic mass is 10.0. The molecule has 5 nitrogen and oxygen atoms in total. The second-order valence-electron chi connectivity index (χ2n) is 4.82. The third-order valence-corrected chi connectivity index (χ3v) is 4.41. The normalized spacial score (nSPS) is 12.2. The van der Waals surface area contributed by atoms with Crippen LogP contribution >= 0.6 is 11.3 Å². The second kappa shape index (κ2) is 6.31. The highest BCUT2D eigenvalue weighted by atomic mass is 32.1. The van der Waals surface area contributed by atoms with Crippen LogP contribution in [0.1, 0.15) is 23.0 Å².